The van der Waals surface area contributed by atoms with Gasteiger partial charge in [0.1, 0.15) is 0 Å². The molecule has 2 rings (SSSR count). The standard InChI is InChI=1S/C18H19Cl2NO/c1-12-5-3-4-6-16(12)13(2)21-18(22)10-8-14-7-9-15(19)11-17(14)20/h3-7,9,11,13H,8,10H2,1-2H3,(H,21,22)/t13-/m1/s1. The van der Waals surface area contributed by atoms with E-state index in [9.17, 15) is 4.79 Å². The van der Waals surface area contributed by atoms with Crippen LogP contribution in [0.4, 0.5) is 0 Å². The fraction of sp³-hybridized carbons (Fsp3) is 0.278. The van der Waals surface area contributed by atoms with Gasteiger partial charge in [-0.25, -0.2) is 0 Å². The molecule has 0 aromatic heterocycles. The lowest BCUT2D eigenvalue weighted by Gasteiger charge is -2.16. The molecular formula is C18H19Cl2NO. The van der Waals surface area contributed by atoms with Gasteiger partial charge < -0.3 is 5.32 Å². The summed E-state index contributed by atoms with van der Waals surface area (Å²) in [5.74, 6) is 0.0155. The van der Waals surface area contributed by atoms with E-state index in [0.717, 1.165) is 11.1 Å². The van der Waals surface area contributed by atoms with Crippen molar-refractivity contribution in [2.75, 3.05) is 0 Å². The molecule has 1 atom stereocenters. The van der Waals surface area contributed by atoms with Gasteiger partial charge in [-0.1, -0.05) is 53.5 Å². The number of carbonyl (C=O) groups is 1. The third kappa shape index (κ3) is 4.49. The zero-order chi connectivity index (χ0) is 16.1. The second-order valence-corrected chi connectivity index (χ2v) is 6.23. The van der Waals surface area contributed by atoms with E-state index in [1.54, 1.807) is 12.1 Å². The Kier molecular flexibility index (Phi) is 5.87. The summed E-state index contributed by atoms with van der Waals surface area (Å²) in [6.45, 7) is 4.04. The summed E-state index contributed by atoms with van der Waals surface area (Å²) < 4.78 is 0. The molecule has 0 saturated carbocycles. The van der Waals surface area contributed by atoms with Crippen molar-refractivity contribution in [2.45, 2.75) is 32.7 Å². The van der Waals surface area contributed by atoms with Crippen molar-refractivity contribution in [2.24, 2.45) is 0 Å². The SMILES string of the molecule is Cc1ccccc1[C@@H](C)NC(=O)CCc1ccc(Cl)cc1Cl. The van der Waals surface area contributed by atoms with Crippen LogP contribution in [0.1, 0.15) is 36.1 Å². The summed E-state index contributed by atoms with van der Waals surface area (Å²) in [4.78, 5) is 12.1. The van der Waals surface area contributed by atoms with Gasteiger partial charge in [-0.2, -0.15) is 0 Å². The number of carbonyl (C=O) groups excluding carboxylic acids is 1. The number of rotatable bonds is 5. The number of halogens is 2. The number of nitrogens with one attached hydrogen (secondary N) is 1. The molecule has 0 fully saturated rings. The number of benzene rings is 2. The van der Waals surface area contributed by atoms with Crippen LogP contribution in [0.3, 0.4) is 0 Å². The maximum atomic E-state index is 12.1. The molecule has 0 saturated heterocycles. The summed E-state index contributed by atoms with van der Waals surface area (Å²) in [7, 11) is 0. The lowest BCUT2D eigenvalue weighted by atomic mass is 10.0. The normalized spacial score (nSPS) is 12.0. The Morgan fingerprint density at radius 1 is 1.18 bits per heavy atom. The second-order valence-electron chi connectivity index (χ2n) is 5.38. The van der Waals surface area contributed by atoms with Crippen molar-refractivity contribution in [3.8, 4) is 0 Å². The molecule has 0 spiro atoms. The van der Waals surface area contributed by atoms with E-state index in [4.69, 9.17) is 23.2 Å². The minimum Gasteiger partial charge on any atom is -0.350 e. The molecule has 1 amide bonds. The van der Waals surface area contributed by atoms with E-state index in [1.807, 2.05) is 44.2 Å². The Morgan fingerprint density at radius 2 is 1.91 bits per heavy atom. The average molecular weight is 336 g/mol. The zero-order valence-electron chi connectivity index (χ0n) is 12.7. The Hall–Kier alpha value is -1.51. The van der Waals surface area contributed by atoms with Crippen LogP contribution in [0.15, 0.2) is 42.5 Å². The molecule has 2 aromatic rings. The Labute approximate surface area is 141 Å². The first-order valence-corrected chi connectivity index (χ1v) is 8.02. The molecule has 0 aliphatic heterocycles. The van der Waals surface area contributed by atoms with E-state index in [1.165, 1.54) is 5.56 Å². The largest absolute Gasteiger partial charge is 0.350 e. The molecular weight excluding hydrogens is 317 g/mol. The predicted molar refractivity (Wildman–Crippen MR) is 92.5 cm³/mol. The van der Waals surface area contributed by atoms with Gasteiger partial charge in [0.2, 0.25) is 5.91 Å². The fourth-order valence-electron chi connectivity index (χ4n) is 2.44. The number of aryl methyl sites for hydroxylation is 2. The van der Waals surface area contributed by atoms with Crippen LogP contribution in [0.2, 0.25) is 10.0 Å². The number of hydrogen-bond acceptors (Lipinski definition) is 1. The van der Waals surface area contributed by atoms with Crippen molar-refractivity contribution in [3.05, 3.63) is 69.2 Å². The molecule has 0 aliphatic carbocycles. The van der Waals surface area contributed by atoms with Crippen molar-refractivity contribution in [1.29, 1.82) is 0 Å². The minimum atomic E-state index is -0.00519. The van der Waals surface area contributed by atoms with E-state index in [0.29, 0.717) is 22.9 Å². The number of amides is 1. The highest BCUT2D eigenvalue weighted by molar-refractivity contribution is 6.35. The minimum absolute atomic E-state index is 0.00519. The first-order valence-electron chi connectivity index (χ1n) is 7.26. The quantitative estimate of drug-likeness (QED) is 0.807. The van der Waals surface area contributed by atoms with Gasteiger partial charge in [0.25, 0.3) is 0 Å². The highest BCUT2D eigenvalue weighted by Crippen LogP contribution is 2.22. The van der Waals surface area contributed by atoms with Gasteiger partial charge >= 0.3 is 0 Å². The van der Waals surface area contributed by atoms with Gasteiger partial charge in [0, 0.05) is 16.5 Å². The molecule has 0 unspecified atom stereocenters. The van der Waals surface area contributed by atoms with E-state index in [2.05, 4.69) is 5.32 Å². The molecule has 0 aliphatic rings. The monoisotopic (exact) mass is 335 g/mol. The van der Waals surface area contributed by atoms with Crippen LogP contribution in [0.25, 0.3) is 0 Å². The smallest absolute Gasteiger partial charge is 0.220 e. The van der Waals surface area contributed by atoms with Crippen LogP contribution < -0.4 is 5.32 Å². The molecule has 2 aromatic carbocycles. The maximum absolute atomic E-state index is 12.1. The van der Waals surface area contributed by atoms with Gasteiger partial charge in [0.15, 0.2) is 0 Å². The maximum Gasteiger partial charge on any atom is 0.220 e. The van der Waals surface area contributed by atoms with Gasteiger partial charge in [-0.15, -0.1) is 0 Å². The Bertz CT molecular complexity index is 670. The average Bonchev–Trinajstić information content (AvgIpc) is 2.46. The van der Waals surface area contributed by atoms with Crippen LogP contribution in [0, 0.1) is 6.92 Å². The van der Waals surface area contributed by atoms with Gasteiger partial charge in [0.05, 0.1) is 6.04 Å². The zero-order valence-corrected chi connectivity index (χ0v) is 14.2. The molecule has 0 radical (unpaired) electrons. The predicted octanol–water partition coefficient (Wildman–Crippen LogP) is 5.11. The third-order valence-corrected chi connectivity index (χ3v) is 4.26. The topological polar surface area (TPSA) is 29.1 Å². The molecule has 2 nitrogen and oxygen atoms in total. The fourth-order valence-corrected chi connectivity index (χ4v) is 2.94. The Balaban J connectivity index is 1.92. The summed E-state index contributed by atoms with van der Waals surface area (Å²) in [6, 6.07) is 13.4. The Morgan fingerprint density at radius 3 is 2.59 bits per heavy atom. The van der Waals surface area contributed by atoms with Crippen molar-refractivity contribution < 1.29 is 4.79 Å². The van der Waals surface area contributed by atoms with Gasteiger partial charge in [-0.3, -0.25) is 4.79 Å². The van der Waals surface area contributed by atoms with Crippen molar-refractivity contribution in [1.82, 2.24) is 5.32 Å². The molecule has 22 heavy (non-hydrogen) atoms. The molecule has 0 bridgehead atoms. The van der Waals surface area contributed by atoms with Crippen LogP contribution >= 0.6 is 23.2 Å². The lowest BCUT2D eigenvalue weighted by molar-refractivity contribution is -0.121. The highest BCUT2D eigenvalue weighted by Gasteiger charge is 2.12. The summed E-state index contributed by atoms with van der Waals surface area (Å²) in [6.07, 6.45) is 1.000. The second kappa shape index (κ2) is 7.66. The van der Waals surface area contributed by atoms with Crippen LogP contribution in [0.5, 0.6) is 0 Å². The third-order valence-electron chi connectivity index (χ3n) is 3.67. The summed E-state index contributed by atoms with van der Waals surface area (Å²) in [5, 5.41) is 4.24. The molecule has 0 heterocycles. The van der Waals surface area contributed by atoms with E-state index in [-0.39, 0.29) is 11.9 Å². The molecule has 1 N–H and O–H groups in total. The first kappa shape index (κ1) is 16.9. The number of hydrogen-bond donors (Lipinski definition) is 1. The van der Waals surface area contributed by atoms with E-state index < -0.39 is 0 Å². The summed E-state index contributed by atoms with van der Waals surface area (Å²) in [5.41, 5.74) is 3.25. The van der Waals surface area contributed by atoms with Crippen LogP contribution in [-0.4, -0.2) is 5.91 Å². The van der Waals surface area contributed by atoms with Crippen molar-refractivity contribution in [3.63, 3.8) is 0 Å². The van der Waals surface area contributed by atoms with Crippen molar-refractivity contribution >= 4 is 29.1 Å². The van der Waals surface area contributed by atoms with E-state index >= 15 is 0 Å². The van der Waals surface area contributed by atoms with Crippen LogP contribution in [-0.2, 0) is 11.2 Å². The first-order chi connectivity index (χ1) is 10.5. The molecule has 116 valence electrons. The summed E-state index contributed by atoms with van der Waals surface area (Å²) >= 11 is 12.0. The molecule has 4 heteroatoms. The lowest BCUT2D eigenvalue weighted by Crippen LogP contribution is -2.27. The highest BCUT2D eigenvalue weighted by atomic mass is 35.5. The van der Waals surface area contributed by atoms with Gasteiger partial charge in [-0.05, 0) is 49.1 Å².